The van der Waals surface area contributed by atoms with Gasteiger partial charge >= 0.3 is 6.18 Å². The van der Waals surface area contributed by atoms with Gasteiger partial charge in [0.15, 0.2) is 0 Å². The van der Waals surface area contributed by atoms with Crippen LogP contribution in [0.1, 0.15) is 36.3 Å². The fraction of sp³-hybridized carbons (Fsp3) is 0.471. The smallest absolute Gasteiger partial charge is 0.416 e. The van der Waals surface area contributed by atoms with Crippen LogP contribution in [0.4, 0.5) is 13.2 Å². The van der Waals surface area contributed by atoms with Crippen molar-refractivity contribution in [3.8, 4) is 0 Å². The van der Waals surface area contributed by atoms with Crippen LogP contribution in [0.25, 0.3) is 0 Å². The normalized spacial score (nSPS) is 23.4. The minimum absolute atomic E-state index is 0. The first-order chi connectivity index (χ1) is 11.4. The van der Waals surface area contributed by atoms with Gasteiger partial charge in [0.2, 0.25) is 0 Å². The maximum absolute atomic E-state index is 12.7. The molecule has 2 aromatic rings. The second-order valence-electron chi connectivity index (χ2n) is 5.86. The Bertz CT molecular complexity index is 649. The molecule has 1 aliphatic carbocycles. The zero-order chi connectivity index (χ0) is 17.2. The van der Waals surface area contributed by atoms with Crippen LogP contribution in [-0.2, 0) is 38.9 Å². The summed E-state index contributed by atoms with van der Waals surface area (Å²) >= 11 is 9.73. The van der Waals surface area contributed by atoms with Gasteiger partial charge in [-0.2, -0.15) is 24.9 Å². The van der Waals surface area contributed by atoms with Gasteiger partial charge in [-0.15, -0.1) is 17.8 Å². The molecule has 1 saturated carbocycles. The number of nitrogens with zero attached hydrogens (tertiary/aromatic N) is 1. The predicted molar refractivity (Wildman–Crippen MR) is 92.8 cm³/mol. The molecular weight excluding hydrogens is 464 g/mol. The van der Waals surface area contributed by atoms with E-state index in [0.29, 0.717) is 5.92 Å². The molecule has 1 nitrogen and oxygen atoms in total. The molecule has 0 spiro atoms. The molecule has 133 valence electrons. The molecule has 1 aromatic heterocycles. The van der Waals surface area contributed by atoms with Gasteiger partial charge in [0.1, 0.15) is 0 Å². The summed E-state index contributed by atoms with van der Waals surface area (Å²) in [6.07, 6.45) is 1.29. The van der Waals surface area contributed by atoms with E-state index >= 15 is 0 Å². The summed E-state index contributed by atoms with van der Waals surface area (Å²) in [5.41, 5.74) is 0.363. The molecule has 0 amide bonds. The summed E-state index contributed by atoms with van der Waals surface area (Å²) in [6.45, 7) is 0. The summed E-state index contributed by atoms with van der Waals surface area (Å²) in [7, 11) is 0. The van der Waals surface area contributed by atoms with Crippen molar-refractivity contribution in [3.63, 3.8) is 0 Å². The fourth-order valence-corrected chi connectivity index (χ4v) is 5.35. The van der Waals surface area contributed by atoms with Gasteiger partial charge < -0.3 is 4.98 Å². The van der Waals surface area contributed by atoms with Gasteiger partial charge in [-0.1, -0.05) is 17.5 Å². The molecule has 3 unspecified atom stereocenters. The van der Waals surface area contributed by atoms with Crippen molar-refractivity contribution < 1.29 is 45.9 Å². The third-order valence-electron chi connectivity index (χ3n) is 4.45. The van der Waals surface area contributed by atoms with E-state index in [1.165, 1.54) is 12.1 Å². The first-order valence-electron chi connectivity index (χ1n) is 7.71. The zero-order valence-corrected chi connectivity index (χ0v) is 18.5. The molecule has 0 bridgehead atoms. The minimum Gasteiger partial charge on any atom is -0.437 e. The average molecular weight is 480 g/mol. The van der Waals surface area contributed by atoms with E-state index < -0.39 is 11.7 Å². The monoisotopic (exact) mass is 479 g/mol. The van der Waals surface area contributed by atoms with Gasteiger partial charge in [-0.25, -0.2) is 11.3 Å². The Morgan fingerprint density at radius 3 is 2.56 bits per heavy atom. The first-order valence-corrected chi connectivity index (χ1v) is 10.0. The number of rotatable bonds is 5. The predicted octanol–water partition coefficient (Wildman–Crippen LogP) is 6.24. The van der Waals surface area contributed by atoms with Gasteiger partial charge in [0, 0.05) is 38.1 Å². The van der Waals surface area contributed by atoms with E-state index in [-0.39, 0.29) is 44.0 Å². The number of thiazole rings is 1. The molecule has 3 atom stereocenters. The van der Waals surface area contributed by atoms with Crippen molar-refractivity contribution in [1.29, 1.82) is 0 Å². The number of thioether (sulfide) groups is 1. The van der Waals surface area contributed by atoms with Gasteiger partial charge in [0.25, 0.3) is 0 Å². The Balaban J connectivity index is 0.00000225. The first kappa shape index (κ1) is 21.7. The van der Waals surface area contributed by atoms with E-state index in [1.807, 2.05) is 5.38 Å². The summed E-state index contributed by atoms with van der Waals surface area (Å²) in [6, 6.07) is 5.57. The van der Waals surface area contributed by atoms with Crippen molar-refractivity contribution in [2.75, 3.05) is 5.75 Å². The molecule has 0 saturated heterocycles. The second kappa shape index (κ2) is 9.54. The van der Waals surface area contributed by atoms with Crippen LogP contribution in [-0.4, -0.2) is 16.1 Å². The third-order valence-corrected chi connectivity index (χ3v) is 6.92. The molecular formula is C17H16ClF3NS2Y-. The van der Waals surface area contributed by atoms with Crippen molar-refractivity contribution in [2.24, 2.45) is 5.92 Å². The van der Waals surface area contributed by atoms with Crippen molar-refractivity contribution in [2.45, 2.75) is 41.1 Å². The Labute approximate surface area is 184 Å². The van der Waals surface area contributed by atoms with Gasteiger partial charge in [-0.3, -0.25) is 0 Å². The van der Waals surface area contributed by atoms with Crippen molar-refractivity contribution in [1.82, 2.24) is 4.98 Å². The Morgan fingerprint density at radius 2 is 1.96 bits per heavy atom. The molecule has 1 heterocycles. The molecule has 1 radical (unpaired) electrons. The third kappa shape index (κ3) is 5.68. The van der Waals surface area contributed by atoms with Crippen LogP contribution in [0.5, 0.6) is 0 Å². The van der Waals surface area contributed by atoms with Gasteiger partial charge in [0.05, 0.1) is 5.56 Å². The number of alkyl halides is 4. The number of aromatic nitrogens is 1. The average Bonchev–Trinajstić information content (AvgIpc) is 3.17. The quantitative estimate of drug-likeness (QED) is 0.286. The molecule has 1 fully saturated rings. The topological polar surface area (TPSA) is 12.9 Å². The molecule has 25 heavy (non-hydrogen) atoms. The summed E-state index contributed by atoms with van der Waals surface area (Å²) < 4.78 is 39.1. The number of hydrogen-bond acceptors (Lipinski definition) is 3. The Hall–Kier alpha value is 0.384. The Morgan fingerprint density at radius 1 is 1.24 bits per heavy atom. The maximum atomic E-state index is 12.7. The number of halogens is 4. The summed E-state index contributed by atoms with van der Waals surface area (Å²) in [5, 5.41) is 1.91. The minimum atomic E-state index is -4.29. The molecule has 0 aliphatic heterocycles. The van der Waals surface area contributed by atoms with E-state index in [4.69, 9.17) is 11.6 Å². The summed E-state index contributed by atoms with van der Waals surface area (Å²) in [5.74, 6) is 1.44. The van der Waals surface area contributed by atoms with E-state index in [9.17, 15) is 13.2 Å². The van der Waals surface area contributed by atoms with Gasteiger partial charge in [-0.05, 0) is 58.9 Å². The second-order valence-corrected chi connectivity index (χ2v) is 8.62. The number of hydrogen-bond donors (Lipinski definition) is 0. The van der Waals surface area contributed by atoms with Crippen LogP contribution >= 0.6 is 34.7 Å². The van der Waals surface area contributed by atoms with Crippen LogP contribution in [0.2, 0.25) is 0 Å². The molecule has 1 aromatic carbocycles. The standard InChI is InChI=1S/C17H16ClF3NS2.Y/c18-15-6-5-13(11-1-3-12(4-2-11)17(19,20)21)14(15)7-9-23-16-22-8-10-24-16;/h1-4,10,13-15H,5-7,9H2;/q-1;. The largest absolute Gasteiger partial charge is 0.437 e. The SMILES string of the molecule is FC(F)(F)c1ccc(C2CCC(Cl)C2CCSc2n[c-]cs2)cc1.[Y]. The van der Waals surface area contributed by atoms with Crippen molar-refractivity contribution in [3.05, 3.63) is 47.0 Å². The van der Waals surface area contributed by atoms with Crippen LogP contribution in [0.15, 0.2) is 34.0 Å². The van der Waals surface area contributed by atoms with E-state index in [0.717, 1.165) is 34.9 Å². The Kier molecular flexibility index (Phi) is 8.27. The van der Waals surface area contributed by atoms with E-state index in [1.54, 1.807) is 35.2 Å². The van der Waals surface area contributed by atoms with Crippen LogP contribution in [0.3, 0.4) is 0 Å². The van der Waals surface area contributed by atoms with E-state index in [2.05, 4.69) is 11.2 Å². The fourth-order valence-electron chi connectivity index (χ4n) is 3.26. The zero-order valence-electron chi connectivity index (χ0n) is 13.3. The summed E-state index contributed by atoms with van der Waals surface area (Å²) in [4.78, 5) is 4.13. The molecule has 0 N–H and O–H groups in total. The number of benzene rings is 1. The van der Waals surface area contributed by atoms with Crippen LogP contribution in [0, 0.1) is 12.1 Å². The molecule has 1 aliphatic rings. The molecule has 3 rings (SSSR count). The van der Waals surface area contributed by atoms with Crippen molar-refractivity contribution >= 4 is 34.7 Å². The molecule has 8 heteroatoms. The van der Waals surface area contributed by atoms with Crippen LogP contribution < -0.4 is 0 Å². The maximum Gasteiger partial charge on any atom is 0.416 e.